The molecule has 6 heteroatoms. The van der Waals surface area contributed by atoms with Crippen molar-refractivity contribution in [3.05, 3.63) is 59.2 Å². The van der Waals surface area contributed by atoms with Crippen molar-refractivity contribution in [1.82, 2.24) is 4.37 Å². The number of benzene rings is 2. The number of rotatable bonds is 3. The van der Waals surface area contributed by atoms with Gasteiger partial charge in [-0.3, -0.25) is 0 Å². The average Bonchev–Trinajstić information content (AvgIpc) is 2.89. The fourth-order valence-corrected chi connectivity index (χ4v) is 3.75. The number of hydrogen-bond acceptors (Lipinski definition) is 4. The molecule has 0 bridgehead atoms. The van der Waals surface area contributed by atoms with Crippen molar-refractivity contribution in [3.63, 3.8) is 0 Å². The number of sulfone groups is 1. The second kappa shape index (κ2) is 5.86. The van der Waals surface area contributed by atoms with Gasteiger partial charge < -0.3 is 0 Å². The third-order valence-electron chi connectivity index (χ3n) is 3.55. The van der Waals surface area contributed by atoms with Gasteiger partial charge in [-0.1, -0.05) is 12.1 Å². The summed E-state index contributed by atoms with van der Waals surface area (Å²) in [5, 5.41) is 0. The quantitative estimate of drug-likeness (QED) is 0.708. The molecule has 0 aliphatic rings. The first-order valence-corrected chi connectivity index (χ1v) is 9.55. The Morgan fingerprint density at radius 2 is 1.52 bits per heavy atom. The van der Waals surface area contributed by atoms with Crippen LogP contribution in [0.5, 0.6) is 0 Å². The van der Waals surface area contributed by atoms with Gasteiger partial charge in [0.1, 0.15) is 5.82 Å². The molecule has 0 aliphatic carbocycles. The summed E-state index contributed by atoms with van der Waals surface area (Å²) in [6, 6.07) is 12.9. The van der Waals surface area contributed by atoms with Crippen LogP contribution < -0.4 is 0 Å². The van der Waals surface area contributed by atoms with E-state index in [-0.39, 0.29) is 10.7 Å². The van der Waals surface area contributed by atoms with Gasteiger partial charge in [-0.2, -0.15) is 4.37 Å². The molecule has 3 aromatic rings. The van der Waals surface area contributed by atoms with Crippen molar-refractivity contribution >= 4 is 21.4 Å². The molecule has 0 spiro atoms. The van der Waals surface area contributed by atoms with E-state index in [0.29, 0.717) is 0 Å². The molecule has 1 heterocycles. The van der Waals surface area contributed by atoms with Gasteiger partial charge in [-0.25, -0.2) is 12.8 Å². The normalized spacial score (nSPS) is 11.6. The van der Waals surface area contributed by atoms with Crippen LogP contribution in [0.15, 0.2) is 53.4 Å². The highest BCUT2D eigenvalue weighted by Crippen LogP contribution is 2.36. The van der Waals surface area contributed by atoms with Gasteiger partial charge in [0, 0.05) is 22.3 Å². The van der Waals surface area contributed by atoms with Crippen molar-refractivity contribution in [3.8, 4) is 22.4 Å². The van der Waals surface area contributed by atoms with Crippen molar-refractivity contribution in [1.29, 1.82) is 0 Å². The van der Waals surface area contributed by atoms with Crippen molar-refractivity contribution in [2.75, 3.05) is 6.26 Å². The summed E-state index contributed by atoms with van der Waals surface area (Å²) >= 11 is 1.37. The van der Waals surface area contributed by atoms with E-state index in [0.717, 1.165) is 27.3 Å². The van der Waals surface area contributed by atoms with Gasteiger partial charge in [0.15, 0.2) is 9.84 Å². The highest BCUT2D eigenvalue weighted by Gasteiger charge is 2.15. The molecule has 0 saturated carbocycles. The number of halogens is 1. The Labute approximate surface area is 138 Å². The Morgan fingerprint density at radius 1 is 0.957 bits per heavy atom. The van der Waals surface area contributed by atoms with E-state index < -0.39 is 9.84 Å². The van der Waals surface area contributed by atoms with Crippen LogP contribution in [-0.2, 0) is 9.84 Å². The number of nitrogens with zero attached hydrogens (tertiary/aromatic N) is 1. The van der Waals surface area contributed by atoms with Crippen LogP contribution in [0, 0.1) is 12.7 Å². The summed E-state index contributed by atoms with van der Waals surface area (Å²) < 4.78 is 40.7. The van der Waals surface area contributed by atoms with E-state index in [1.54, 1.807) is 36.4 Å². The number of aryl methyl sites for hydroxylation is 1. The SMILES string of the molecule is Cc1snc(-c2ccc(F)cc2)c1-c1ccc(S(C)(=O)=O)cc1. The van der Waals surface area contributed by atoms with Crippen LogP contribution >= 0.6 is 11.5 Å². The van der Waals surface area contributed by atoms with Gasteiger partial charge in [0.2, 0.25) is 0 Å². The summed E-state index contributed by atoms with van der Waals surface area (Å²) in [6.07, 6.45) is 1.18. The maximum absolute atomic E-state index is 13.1. The molecular formula is C17H14FNO2S2. The summed E-state index contributed by atoms with van der Waals surface area (Å²) in [7, 11) is -3.22. The summed E-state index contributed by atoms with van der Waals surface area (Å²) in [5.74, 6) is -0.292. The second-order valence-electron chi connectivity index (χ2n) is 5.27. The Bertz CT molecular complexity index is 943. The third kappa shape index (κ3) is 3.18. The fraction of sp³-hybridized carbons (Fsp3) is 0.118. The largest absolute Gasteiger partial charge is 0.224 e. The van der Waals surface area contributed by atoms with Crippen LogP contribution in [0.3, 0.4) is 0 Å². The zero-order chi connectivity index (χ0) is 16.6. The smallest absolute Gasteiger partial charge is 0.175 e. The molecule has 3 nitrogen and oxygen atoms in total. The summed E-state index contributed by atoms with van der Waals surface area (Å²) in [5.41, 5.74) is 3.45. The Balaban J connectivity index is 2.10. The molecule has 0 amide bonds. The standard InChI is InChI=1S/C17H14FNO2S2/c1-11-16(12-5-9-15(10-6-12)23(2,20)21)17(19-22-11)13-3-7-14(18)8-4-13/h3-10H,1-2H3. The maximum Gasteiger partial charge on any atom is 0.175 e. The van der Waals surface area contributed by atoms with Gasteiger partial charge >= 0.3 is 0 Å². The molecule has 2 aromatic carbocycles. The Morgan fingerprint density at radius 3 is 2.09 bits per heavy atom. The van der Waals surface area contributed by atoms with Gasteiger partial charge in [-0.05, 0) is 60.4 Å². The number of hydrogen-bond donors (Lipinski definition) is 0. The predicted molar refractivity (Wildman–Crippen MR) is 90.8 cm³/mol. The minimum Gasteiger partial charge on any atom is -0.224 e. The third-order valence-corrected chi connectivity index (χ3v) is 5.43. The van der Waals surface area contributed by atoms with Crippen LogP contribution in [0.1, 0.15) is 4.88 Å². The molecule has 118 valence electrons. The molecule has 1 aromatic heterocycles. The van der Waals surface area contributed by atoms with Gasteiger partial charge in [0.25, 0.3) is 0 Å². The van der Waals surface area contributed by atoms with Crippen LogP contribution in [0.2, 0.25) is 0 Å². The van der Waals surface area contributed by atoms with Crippen LogP contribution in [0.4, 0.5) is 4.39 Å². The molecule has 3 rings (SSSR count). The first kappa shape index (κ1) is 15.8. The van der Waals surface area contributed by atoms with E-state index in [9.17, 15) is 12.8 Å². The minimum atomic E-state index is -3.22. The van der Waals surface area contributed by atoms with Gasteiger partial charge in [0.05, 0.1) is 10.6 Å². The fourth-order valence-electron chi connectivity index (χ4n) is 2.39. The lowest BCUT2D eigenvalue weighted by Crippen LogP contribution is -1.96. The first-order valence-electron chi connectivity index (χ1n) is 6.89. The molecule has 0 fully saturated rings. The summed E-state index contributed by atoms with van der Waals surface area (Å²) in [4.78, 5) is 1.31. The Hall–Kier alpha value is -2.05. The van der Waals surface area contributed by atoms with E-state index in [4.69, 9.17) is 0 Å². The molecule has 0 radical (unpaired) electrons. The molecule has 0 aliphatic heterocycles. The maximum atomic E-state index is 13.1. The monoisotopic (exact) mass is 347 g/mol. The van der Waals surface area contributed by atoms with Crippen molar-refractivity contribution in [2.45, 2.75) is 11.8 Å². The minimum absolute atomic E-state index is 0.283. The van der Waals surface area contributed by atoms with Crippen molar-refractivity contribution < 1.29 is 12.8 Å². The lowest BCUT2D eigenvalue weighted by atomic mass is 10.00. The zero-order valence-electron chi connectivity index (χ0n) is 12.6. The molecule has 0 atom stereocenters. The van der Waals surface area contributed by atoms with E-state index in [1.807, 2.05) is 6.92 Å². The molecule has 0 unspecified atom stereocenters. The van der Waals surface area contributed by atoms with Crippen LogP contribution in [-0.4, -0.2) is 19.0 Å². The average molecular weight is 347 g/mol. The van der Waals surface area contributed by atoms with E-state index in [2.05, 4.69) is 4.37 Å². The van der Waals surface area contributed by atoms with Crippen molar-refractivity contribution in [2.24, 2.45) is 0 Å². The molecule has 0 saturated heterocycles. The Kier molecular flexibility index (Phi) is 4.04. The zero-order valence-corrected chi connectivity index (χ0v) is 14.2. The molecule has 23 heavy (non-hydrogen) atoms. The van der Waals surface area contributed by atoms with Gasteiger partial charge in [-0.15, -0.1) is 0 Å². The van der Waals surface area contributed by atoms with E-state index >= 15 is 0 Å². The lowest BCUT2D eigenvalue weighted by Gasteiger charge is -2.06. The first-order chi connectivity index (χ1) is 10.9. The highest BCUT2D eigenvalue weighted by atomic mass is 32.2. The molecule has 0 N–H and O–H groups in total. The second-order valence-corrected chi connectivity index (χ2v) is 8.26. The summed E-state index contributed by atoms with van der Waals surface area (Å²) in [6.45, 7) is 1.96. The lowest BCUT2D eigenvalue weighted by molar-refractivity contribution is 0.602. The highest BCUT2D eigenvalue weighted by molar-refractivity contribution is 7.90. The topological polar surface area (TPSA) is 47.0 Å². The van der Waals surface area contributed by atoms with Crippen LogP contribution in [0.25, 0.3) is 22.4 Å². The predicted octanol–water partition coefficient (Wildman–Crippen LogP) is 4.33. The number of aromatic nitrogens is 1. The van der Waals surface area contributed by atoms with E-state index in [1.165, 1.54) is 29.9 Å². The molecular weight excluding hydrogens is 333 g/mol.